The molecule has 0 bridgehead atoms. The number of rotatable bonds is 2. The molecule has 0 amide bonds. The fraction of sp³-hybridized carbons (Fsp3) is 0.714. The Kier molecular flexibility index (Phi) is 2.38. The van der Waals surface area contributed by atoms with Gasteiger partial charge in [0.1, 0.15) is 6.17 Å². The summed E-state index contributed by atoms with van der Waals surface area (Å²) in [6, 6.07) is 2.11. The lowest BCUT2D eigenvalue weighted by atomic mass is 10.2. The van der Waals surface area contributed by atoms with E-state index >= 15 is 0 Å². The summed E-state index contributed by atoms with van der Waals surface area (Å²) < 4.78 is 0. The second kappa shape index (κ2) is 3.30. The average Bonchev–Trinajstić information content (AvgIpc) is 2.25. The molecule has 1 rings (SSSR count). The Morgan fingerprint density at radius 2 is 2.33 bits per heavy atom. The van der Waals surface area contributed by atoms with Crippen LogP contribution in [-0.4, -0.2) is 36.1 Å². The highest BCUT2D eigenvalue weighted by Crippen LogP contribution is 2.14. The van der Waals surface area contributed by atoms with E-state index in [9.17, 15) is 0 Å². The third-order valence-electron chi connectivity index (χ3n) is 2.01. The van der Waals surface area contributed by atoms with Crippen molar-refractivity contribution >= 4 is 5.96 Å². The van der Waals surface area contributed by atoms with Gasteiger partial charge >= 0.3 is 0 Å². The first kappa shape index (κ1) is 8.65. The Morgan fingerprint density at radius 1 is 1.67 bits per heavy atom. The topological polar surface area (TPSA) is 68.7 Å². The van der Waals surface area contributed by atoms with Crippen molar-refractivity contribution in [3.05, 3.63) is 0 Å². The first-order valence-electron chi connectivity index (χ1n) is 3.83. The third kappa shape index (κ3) is 1.42. The maximum atomic E-state index is 8.41. The standard InChI is InChI=1S/C7H13N5/c1-11-6(4-3-5-8)12(2)10-7(11)9/h6H,3-4H2,1-2H3,(H2,9,10). The monoisotopic (exact) mass is 167 g/mol. The molecule has 0 aliphatic carbocycles. The molecule has 1 aliphatic rings. The van der Waals surface area contributed by atoms with Gasteiger partial charge in [0.15, 0.2) is 0 Å². The molecule has 66 valence electrons. The number of hydrogen-bond acceptors (Lipinski definition) is 5. The number of nitrogens with two attached hydrogens (primary N) is 1. The van der Waals surface area contributed by atoms with Crippen LogP contribution in [0, 0.1) is 11.3 Å². The Hall–Kier alpha value is -1.44. The SMILES string of the molecule is CN1N=C(N)N(C)C1CCC#N. The zero-order chi connectivity index (χ0) is 9.14. The zero-order valence-corrected chi connectivity index (χ0v) is 7.36. The zero-order valence-electron chi connectivity index (χ0n) is 7.36. The van der Waals surface area contributed by atoms with Crippen LogP contribution in [0.5, 0.6) is 0 Å². The summed E-state index contributed by atoms with van der Waals surface area (Å²) in [6.07, 6.45) is 1.44. The van der Waals surface area contributed by atoms with Gasteiger partial charge in [-0.2, -0.15) is 5.26 Å². The second-order valence-corrected chi connectivity index (χ2v) is 2.82. The summed E-state index contributed by atoms with van der Waals surface area (Å²) in [5, 5.41) is 14.2. The Labute approximate surface area is 72.0 Å². The van der Waals surface area contributed by atoms with Gasteiger partial charge in [-0.05, 0) is 0 Å². The Bertz CT molecular complexity index is 228. The molecule has 0 spiro atoms. The van der Waals surface area contributed by atoms with Gasteiger partial charge in [0, 0.05) is 26.9 Å². The fourth-order valence-electron chi connectivity index (χ4n) is 1.28. The lowest BCUT2D eigenvalue weighted by molar-refractivity contribution is 0.170. The molecular weight excluding hydrogens is 154 g/mol. The first-order valence-corrected chi connectivity index (χ1v) is 3.83. The van der Waals surface area contributed by atoms with Crippen molar-refractivity contribution in [2.45, 2.75) is 19.0 Å². The Morgan fingerprint density at radius 3 is 2.75 bits per heavy atom. The number of nitriles is 1. The van der Waals surface area contributed by atoms with Gasteiger partial charge in [-0.1, -0.05) is 0 Å². The molecule has 1 unspecified atom stereocenters. The number of nitrogens with zero attached hydrogens (tertiary/aromatic N) is 4. The van der Waals surface area contributed by atoms with Gasteiger partial charge in [0.25, 0.3) is 0 Å². The van der Waals surface area contributed by atoms with Crippen molar-refractivity contribution in [3.63, 3.8) is 0 Å². The van der Waals surface area contributed by atoms with Crippen molar-refractivity contribution < 1.29 is 0 Å². The van der Waals surface area contributed by atoms with Gasteiger partial charge in [-0.15, -0.1) is 5.10 Å². The predicted octanol–water partition coefficient (Wildman–Crippen LogP) is -0.277. The van der Waals surface area contributed by atoms with E-state index in [1.54, 1.807) is 5.01 Å². The van der Waals surface area contributed by atoms with Gasteiger partial charge in [-0.25, -0.2) is 0 Å². The van der Waals surface area contributed by atoms with Gasteiger partial charge in [0.05, 0.1) is 6.07 Å². The molecule has 5 nitrogen and oxygen atoms in total. The lowest BCUT2D eigenvalue weighted by Gasteiger charge is -2.24. The lowest BCUT2D eigenvalue weighted by Crippen LogP contribution is -2.40. The van der Waals surface area contributed by atoms with Crippen LogP contribution in [0.15, 0.2) is 5.10 Å². The molecule has 0 saturated carbocycles. The predicted molar refractivity (Wildman–Crippen MR) is 45.8 cm³/mol. The van der Waals surface area contributed by atoms with Crippen LogP contribution in [0.1, 0.15) is 12.8 Å². The van der Waals surface area contributed by atoms with Crippen molar-refractivity contribution in [1.29, 1.82) is 5.26 Å². The summed E-state index contributed by atoms with van der Waals surface area (Å²) >= 11 is 0. The van der Waals surface area contributed by atoms with E-state index < -0.39 is 0 Å². The highest BCUT2D eigenvalue weighted by molar-refractivity contribution is 5.79. The van der Waals surface area contributed by atoms with Crippen LogP contribution < -0.4 is 5.73 Å². The van der Waals surface area contributed by atoms with E-state index in [0.717, 1.165) is 6.42 Å². The molecule has 1 heterocycles. The highest BCUT2D eigenvalue weighted by Gasteiger charge is 2.26. The van der Waals surface area contributed by atoms with Crippen molar-refractivity contribution in [2.75, 3.05) is 14.1 Å². The maximum absolute atomic E-state index is 8.41. The van der Waals surface area contributed by atoms with E-state index in [4.69, 9.17) is 11.0 Å². The molecule has 0 saturated heterocycles. The molecule has 12 heavy (non-hydrogen) atoms. The molecule has 1 atom stereocenters. The van der Waals surface area contributed by atoms with Crippen molar-refractivity contribution in [3.8, 4) is 6.07 Å². The molecule has 0 aromatic rings. The summed E-state index contributed by atoms with van der Waals surface area (Å²) in [5.41, 5.74) is 5.58. The van der Waals surface area contributed by atoms with Crippen LogP contribution >= 0.6 is 0 Å². The minimum absolute atomic E-state index is 0.143. The van der Waals surface area contributed by atoms with Crippen LogP contribution in [0.3, 0.4) is 0 Å². The fourth-order valence-corrected chi connectivity index (χ4v) is 1.28. The molecule has 5 heteroatoms. The molecule has 0 radical (unpaired) electrons. The minimum atomic E-state index is 0.143. The molecule has 0 aromatic carbocycles. The highest BCUT2D eigenvalue weighted by atomic mass is 15.6. The smallest absolute Gasteiger partial charge is 0.215 e. The van der Waals surface area contributed by atoms with Gasteiger partial charge in [0.2, 0.25) is 5.96 Å². The average molecular weight is 167 g/mol. The summed E-state index contributed by atoms with van der Waals surface area (Å²) in [7, 11) is 3.74. The minimum Gasteiger partial charge on any atom is -0.368 e. The quantitative estimate of drug-likeness (QED) is 0.614. The van der Waals surface area contributed by atoms with Crippen LogP contribution in [-0.2, 0) is 0 Å². The van der Waals surface area contributed by atoms with Gasteiger partial charge < -0.3 is 10.6 Å². The molecule has 0 aromatic heterocycles. The Balaban J connectivity index is 2.52. The molecular formula is C7H13N5. The molecule has 0 fully saturated rings. The summed E-state index contributed by atoms with van der Waals surface area (Å²) in [4.78, 5) is 1.87. The molecule has 1 aliphatic heterocycles. The van der Waals surface area contributed by atoms with Crippen LogP contribution in [0.25, 0.3) is 0 Å². The van der Waals surface area contributed by atoms with Crippen LogP contribution in [0.4, 0.5) is 0 Å². The second-order valence-electron chi connectivity index (χ2n) is 2.82. The molecule has 2 N–H and O–H groups in total. The van der Waals surface area contributed by atoms with E-state index in [0.29, 0.717) is 12.4 Å². The van der Waals surface area contributed by atoms with E-state index in [-0.39, 0.29) is 6.17 Å². The first-order chi connectivity index (χ1) is 5.66. The van der Waals surface area contributed by atoms with Crippen LogP contribution in [0.2, 0.25) is 0 Å². The van der Waals surface area contributed by atoms with Gasteiger partial charge in [-0.3, -0.25) is 5.01 Å². The van der Waals surface area contributed by atoms with E-state index in [1.807, 2.05) is 19.0 Å². The number of hydrazone groups is 1. The summed E-state index contributed by atoms with van der Waals surface area (Å²) in [5.74, 6) is 0.514. The summed E-state index contributed by atoms with van der Waals surface area (Å²) in [6.45, 7) is 0. The normalized spacial score (nSPS) is 22.4. The van der Waals surface area contributed by atoms with Crippen molar-refractivity contribution in [1.82, 2.24) is 9.91 Å². The number of guanidine groups is 1. The van der Waals surface area contributed by atoms with E-state index in [1.165, 1.54) is 0 Å². The van der Waals surface area contributed by atoms with Crippen molar-refractivity contribution in [2.24, 2.45) is 10.8 Å². The maximum Gasteiger partial charge on any atom is 0.215 e. The number of hydrogen-bond donors (Lipinski definition) is 1. The third-order valence-corrected chi connectivity index (χ3v) is 2.01. The largest absolute Gasteiger partial charge is 0.368 e. The van der Waals surface area contributed by atoms with E-state index in [2.05, 4.69) is 11.2 Å².